The predicted octanol–water partition coefficient (Wildman–Crippen LogP) is 1.09. The maximum atomic E-state index is 12.5. The van der Waals surface area contributed by atoms with E-state index in [1.165, 1.54) is 11.5 Å². The Morgan fingerprint density at radius 1 is 1.33 bits per heavy atom. The molecule has 2 fully saturated rings. The molecule has 2 amide bonds. The van der Waals surface area contributed by atoms with Crippen molar-refractivity contribution in [1.82, 2.24) is 24.3 Å². The molecule has 24 heavy (non-hydrogen) atoms. The number of amides is 2. The normalized spacial score (nSPS) is 24.9. The molecular formula is C16H25N5O2S. The van der Waals surface area contributed by atoms with E-state index in [9.17, 15) is 9.59 Å². The number of carbonyl (C=O) groups excluding carboxylic acids is 2. The molecule has 1 aromatic rings. The average molecular weight is 351 g/mol. The van der Waals surface area contributed by atoms with Crippen LogP contribution in [0.2, 0.25) is 0 Å². The van der Waals surface area contributed by atoms with Gasteiger partial charge in [0.05, 0.1) is 0 Å². The maximum Gasteiger partial charge on any atom is 0.275 e. The van der Waals surface area contributed by atoms with Gasteiger partial charge in [0.15, 0.2) is 5.69 Å². The van der Waals surface area contributed by atoms with Gasteiger partial charge in [0.1, 0.15) is 0 Å². The molecule has 1 spiro atoms. The van der Waals surface area contributed by atoms with Gasteiger partial charge in [-0.15, -0.1) is 5.10 Å². The molecule has 132 valence electrons. The molecule has 0 radical (unpaired) electrons. The first-order valence-corrected chi connectivity index (χ1v) is 9.37. The van der Waals surface area contributed by atoms with E-state index in [1.54, 1.807) is 5.38 Å². The summed E-state index contributed by atoms with van der Waals surface area (Å²) in [5, 5.41) is 5.59. The highest BCUT2D eigenvalue weighted by Gasteiger charge is 2.45. The van der Waals surface area contributed by atoms with E-state index in [2.05, 4.69) is 19.4 Å². The number of hydrogen-bond donors (Lipinski definition) is 0. The first-order valence-electron chi connectivity index (χ1n) is 8.53. The van der Waals surface area contributed by atoms with E-state index in [0.717, 1.165) is 45.3 Å². The van der Waals surface area contributed by atoms with E-state index in [1.807, 2.05) is 19.0 Å². The summed E-state index contributed by atoms with van der Waals surface area (Å²) in [4.78, 5) is 31.0. The molecule has 3 rings (SSSR count). The summed E-state index contributed by atoms with van der Waals surface area (Å²) in [6, 6.07) is 0. The minimum absolute atomic E-state index is 0.0371. The minimum Gasteiger partial charge on any atom is -0.337 e. The molecule has 0 aromatic carbocycles. The Bertz CT molecular complexity index is 591. The van der Waals surface area contributed by atoms with Gasteiger partial charge in [-0.1, -0.05) is 4.49 Å². The van der Waals surface area contributed by atoms with Crippen molar-refractivity contribution in [3.8, 4) is 0 Å². The van der Waals surface area contributed by atoms with E-state index in [-0.39, 0.29) is 17.4 Å². The van der Waals surface area contributed by atoms with Gasteiger partial charge >= 0.3 is 0 Å². The summed E-state index contributed by atoms with van der Waals surface area (Å²) in [7, 11) is 4.06. The smallest absolute Gasteiger partial charge is 0.275 e. The highest BCUT2D eigenvalue weighted by atomic mass is 32.1. The first kappa shape index (κ1) is 17.3. The lowest BCUT2D eigenvalue weighted by Crippen LogP contribution is -2.49. The van der Waals surface area contributed by atoms with Crippen LogP contribution in [0.25, 0.3) is 0 Å². The SMILES string of the molecule is CN(C)CCN1C(=O)CCC12CCCN(C(=O)c1csnn1)CC2. The van der Waals surface area contributed by atoms with Crippen molar-refractivity contribution in [1.29, 1.82) is 0 Å². The van der Waals surface area contributed by atoms with Crippen LogP contribution in [0.3, 0.4) is 0 Å². The monoisotopic (exact) mass is 351 g/mol. The van der Waals surface area contributed by atoms with Crippen LogP contribution in [0.5, 0.6) is 0 Å². The Morgan fingerprint density at radius 2 is 2.17 bits per heavy atom. The van der Waals surface area contributed by atoms with E-state index in [4.69, 9.17) is 0 Å². The largest absolute Gasteiger partial charge is 0.337 e. The second-order valence-electron chi connectivity index (χ2n) is 7.01. The fourth-order valence-corrected chi connectivity index (χ4v) is 4.29. The van der Waals surface area contributed by atoms with Crippen molar-refractivity contribution >= 4 is 23.3 Å². The third-order valence-corrected chi connectivity index (χ3v) is 5.74. The fraction of sp³-hybridized carbons (Fsp3) is 0.750. The second kappa shape index (κ2) is 7.14. The van der Waals surface area contributed by atoms with Gasteiger partial charge in [-0.05, 0) is 51.3 Å². The number of likely N-dealkylation sites (N-methyl/N-ethyl adjacent to an activating group) is 1. The molecule has 2 aliphatic rings. The van der Waals surface area contributed by atoms with Gasteiger partial charge < -0.3 is 14.7 Å². The molecule has 8 heteroatoms. The quantitative estimate of drug-likeness (QED) is 0.812. The topological polar surface area (TPSA) is 69.6 Å². The maximum absolute atomic E-state index is 12.5. The number of likely N-dealkylation sites (tertiary alicyclic amines) is 2. The van der Waals surface area contributed by atoms with E-state index in [0.29, 0.717) is 18.7 Å². The highest BCUT2D eigenvalue weighted by molar-refractivity contribution is 7.03. The van der Waals surface area contributed by atoms with Crippen molar-refractivity contribution in [3.63, 3.8) is 0 Å². The van der Waals surface area contributed by atoms with Gasteiger partial charge in [-0.2, -0.15) is 0 Å². The molecule has 1 unspecified atom stereocenters. The zero-order valence-corrected chi connectivity index (χ0v) is 15.2. The summed E-state index contributed by atoms with van der Waals surface area (Å²) in [5.41, 5.74) is 0.366. The molecule has 0 N–H and O–H groups in total. The zero-order valence-electron chi connectivity index (χ0n) is 14.4. The molecule has 0 saturated carbocycles. The molecular weight excluding hydrogens is 326 g/mol. The third-order valence-electron chi connectivity index (χ3n) is 5.23. The number of aromatic nitrogens is 2. The average Bonchev–Trinajstić information content (AvgIpc) is 3.12. The highest BCUT2D eigenvalue weighted by Crippen LogP contribution is 2.39. The fourth-order valence-electron chi connectivity index (χ4n) is 3.86. The lowest BCUT2D eigenvalue weighted by atomic mass is 9.87. The molecule has 1 aromatic heterocycles. The van der Waals surface area contributed by atoms with Crippen LogP contribution in [-0.2, 0) is 4.79 Å². The number of hydrogen-bond acceptors (Lipinski definition) is 6. The summed E-state index contributed by atoms with van der Waals surface area (Å²) in [6.45, 7) is 3.06. The standard InChI is InChI=1S/C16H25N5O2S/c1-19(2)10-11-21-14(22)4-6-16(21)5-3-8-20(9-7-16)15(23)13-12-24-18-17-13/h12H,3-11H2,1-2H3. The Labute approximate surface area is 146 Å². The first-order chi connectivity index (χ1) is 11.5. The van der Waals surface area contributed by atoms with E-state index < -0.39 is 0 Å². The minimum atomic E-state index is -0.0670. The van der Waals surface area contributed by atoms with Crippen LogP contribution < -0.4 is 0 Å². The van der Waals surface area contributed by atoms with Crippen molar-refractivity contribution in [3.05, 3.63) is 11.1 Å². The lowest BCUT2D eigenvalue weighted by molar-refractivity contribution is -0.131. The Hall–Kier alpha value is -1.54. The predicted molar refractivity (Wildman–Crippen MR) is 91.9 cm³/mol. The van der Waals surface area contributed by atoms with Crippen LogP contribution in [0.4, 0.5) is 0 Å². The van der Waals surface area contributed by atoms with Crippen molar-refractivity contribution in [2.75, 3.05) is 40.3 Å². The molecule has 0 bridgehead atoms. The second-order valence-corrected chi connectivity index (χ2v) is 7.62. The summed E-state index contributed by atoms with van der Waals surface area (Å²) in [6.07, 6.45) is 4.31. The molecule has 0 aliphatic carbocycles. The molecule has 7 nitrogen and oxygen atoms in total. The third kappa shape index (κ3) is 3.44. The van der Waals surface area contributed by atoms with E-state index >= 15 is 0 Å². The summed E-state index contributed by atoms with van der Waals surface area (Å²) in [5.74, 6) is 0.227. The number of carbonyl (C=O) groups is 2. The number of rotatable bonds is 4. The van der Waals surface area contributed by atoms with Gasteiger partial charge in [0.2, 0.25) is 5.91 Å². The molecule has 1 atom stereocenters. The summed E-state index contributed by atoms with van der Waals surface area (Å²) < 4.78 is 3.78. The van der Waals surface area contributed by atoms with Gasteiger partial charge in [-0.3, -0.25) is 9.59 Å². The van der Waals surface area contributed by atoms with Crippen molar-refractivity contribution < 1.29 is 9.59 Å². The summed E-state index contributed by atoms with van der Waals surface area (Å²) >= 11 is 1.20. The van der Waals surface area contributed by atoms with Crippen LogP contribution in [0.1, 0.15) is 42.6 Å². The van der Waals surface area contributed by atoms with Crippen molar-refractivity contribution in [2.24, 2.45) is 0 Å². The molecule has 2 saturated heterocycles. The van der Waals surface area contributed by atoms with Crippen molar-refractivity contribution in [2.45, 2.75) is 37.6 Å². The van der Waals surface area contributed by atoms with Crippen LogP contribution in [-0.4, -0.2) is 81.9 Å². The van der Waals surface area contributed by atoms with Crippen LogP contribution in [0, 0.1) is 0 Å². The van der Waals surface area contributed by atoms with Crippen LogP contribution >= 0.6 is 11.5 Å². The lowest BCUT2D eigenvalue weighted by Gasteiger charge is -2.38. The zero-order chi connectivity index (χ0) is 17.2. The van der Waals surface area contributed by atoms with Gasteiger partial charge in [0, 0.05) is 43.5 Å². The molecule has 3 heterocycles. The molecule has 2 aliphatic heterocycles. The Morgan fingerprint density at radius 3 is 2.88 bits per heavy atom. The Balaban J connectivity index is 1.69. The Kier molecular flexibility index (Phi) is 5.15. The van der Waals surface area contributed by atoms with Gasteiger partial charge in [0.25, 0.3) is 5.91 Å². The van der Waals surface area contributed by atoms with Gasteiger partial charge in [-0.25, -0.2) is 0 Å². The van der Waals surface area contributed by atoms with Crippen LogP contribution in [0.15, 0.2) is 5.38 Å². The number of nitrogens with zero attached hydrogens (tertiary/aromatic N) is 5.